The number of halogens is 1. The van der Waals surface area contributed by atoms with E-state index in [9.17, 15) is 9.59 Å². The van der Waals surface area contributed by atoms with E-state index in [1.165, 1.54) is 0 Å². The Hall–Kier alpha value is -1.46. The molecule has 20 heavy (non-hydrogen) atoms. The van der Waals surface area contributed by atoms with Gasteiger partial charge in [0.2, 0.25) is 0 Å². The van der Waals surface area contributed by atoms with Crippen LogP contribution in [0.1, 0.15) is 26.4 Å². The molecule has 0 fully saturated rings. The number of Topliss-reactive ketones (excluding diaryl/α,β-unsaturated/α-hetero) is 1. The first-order valence-electron chi connectivity index (χ1n) is 6.18. The van der Waals surface area contributed by atoms with Gasteiger partial charge in [-0.15, -0.1) is 11.3 Å². The van der Waals surface area contributed by atoms with Gasteiger partial charge in [0, 0.05) is 9.35 Å². The quantitative estimate of drug-likeness (QED) is 0.772. The van der Waals surface area contributed by atoms with Crippen LogP contribution in [0.3, 0.4) is 0 Å². The van der Waals surface area contributed by atoms with Crippen LogP contribution in [0.15, 0.2) is 28.1 Å². The largest absolute Gasteiger partial charge is 0.299 e. The van der Waals surface area contributed by atoms with E-state index in [2.05, 4.69) is 15.9 Å². The third-order valence-electron chi connectivity index (χ3n) is 3.41. The van der Waals surface area contributed by atoms with Crippen molar-refractivity contribution >= 4 is 44.6 Å². The Labute approximate surface area is 129 Å². The monoisotopic (exact) mass is 349 g/mol. The molecule has 5 heteroatoms. The molecule has 102 valence electrons. The number of hydrogen-bond acceptors (Lipinski definition) is 3. The molecule has 1 amide bonds. The van der Waals surface area contributed by atoms with Crippen molar-refractivity contribution in [3.8, 4) is 0 Å². The molecule has 0 unspecified atom stereocenters. The average molecular weight is 350 g/mol. The average Bonchev–Trinajstić information content (AvgIpc) is 2.87. The standard InChI is InChI=1S/C15H12BrNO2S/c1-8-5-9(2)13-11(6-8)17(15(19)14(13)18)7-12-10(16)3-4-20-12/h3-6H,7H2,1-2H3. The van der Waals surface area contributed by atoms with Crippen molar-refractivity contribution < 1.29 is 9.59 Å². The summed E-state index contributed by atoms with van der Waals surface area (Å²) in [6.45, 7) is 4.28. The maximum atomic E-state index is 12.2. The lowest BCUT2D eigenvalue weighted by Gasteiger charge is -2.16. The second-order valence-corrected chi connectivity index (χ2v) is 6.74. The molecule has 0 aliphatic carbocycles. The van der Waals surface area contributed by atoms with Crippen LogP contribution in [-0.2, 0) is 11.3 Å². The molecule has 0 radical (unpaired) electrons. The molecule has 1 aliphatic rings. The third-order valence-corrected chi connectivity index (χ3v) is 5.32. The number of aryl methyl sites for hydroxylation is 2. The number of amides is 1. The van der Waals surface area contributed by atoms with E-state index in [1.807, 2.05) is 37.4 Å². The lowest BCUT2D eigenvalue weighted by Crippen LogP contribution is -2.28. The number of benzene rings is 1. The Morgan fingerprint density at radius 3 is 2.65 bits per heavy atom. The van der Waals surface area contributed by atoms with Crippen LogP contribution in [0, 0.1) is 13.8 Å². The lowest BCUT2D eigenvalue weighted by atomic mass is 10.0. The van der Waals surface area contributed by atoms with E-state index >= 15 is 0 Å². The van der Waals surface area contributed by atoms with Crippen molar-refractivity contribution in [2.24, 2.45) is 0 Å². The summed E-state index contributed by atoms with van der Waals surface area (Å²) in [5, 5.41) is 1.96. The van der Waals surface area contributed by atoms with Crippen molar-refractivity contribution in [2.75, 3.05) is 4.90 Å². The fourth-order valence-corrected chi connectivity index (χ4v) is 4.00. The molecule has 2 aromatic rings. The zero-order chi connectivity index (χ0) is 14.4. The van der Waals surface area contributed by atoms with E-state index in [0.717, 1.165) is 26.2 Å². The van der Waals surface area contributed by atoms with Crippen LogP contribution < -0.4 is 4.90 Å². The number of carbonyl (C=O) groups excluding carboxylic acids is 2. The number of ketones is 1. The third kappa shape index (κ3) is 2.01. The minimum Gasteiger partial charge on any atom is -0.299 e. The number of nitrogens with zero attached hydrogens (tertiary/aromatic N) is 1. The topological polar surface area (TPSA) is 37.4 Å². The molecule has 0 N–H and O–H groups in total. The van der Waals surface area contributed by atoms with Gasteiger partial charge in [-0.25, -0.2) is 0 Å². The summed E-state index contributed by atoms with van der Waals surface area (Å²) in [6.07, 6.45) is 0. The molecule has 0 bridgehead atoms. The normalized spacial score (nSPS) is 14.1. The number of thiophene rings is 1. The molecule has 0 spiro atoms. The molecule has 0 atom stereocenters. The van der Waals surface area contributed by atoms with E-state index < -0.39 is 11.7 Å². The molecule has 1 aromatic carbocycles. The number of fused-ring (bicyclic) bond motifs is 1. The Balaban J connectivity index is 2.09. The van der Waals surface area contributed by atoms with Gasteiger partial charge in [0.25, 0.3) is 11.7 Å². The predicted molar refractivity (Wildman–Crippen MR) is 83.5 cm³/mol. The van der Waals surface area contributed by atoms with Crippen molar-refractivity contribution in [1.29, 1.82) is 0 Å². The smallest absolute Gasteiger partial charge is 0.299 e. The zero-order valence-corrected chi connectivity index (χ0v) is 13.5. The fourth-order valence-electron chi connectivity index (χ4n) is 2.53. The molecule has 1 aromatic heterocycles. The van der Waals surface area contributed by atoms with Gasteiger partial charge in [-0.05, 0) is 58.4 Å². The van der Waals surface area contributed by atoms with Crippen LogP contribution in [0.4, 0.5) is 5.69 Å². The molecule has 3 rings (SSSR count). The van der Waals surface area contributed by atoms with Gasteiger partial charge in [0.15, 0.2) is 0 Å². The first-order valence-corrected chi connectivity index (χ1v) is 7.85. The Kier molecular flexibility index (Phi) is 3.26. The van der Waals surface area contributed by atoms with Crippen LogP contribution in [-0.4, -0.2) is 11.7 Å². The van der Waals surface area contributed by atoms with Gasteiger partial charge in [0.1, 0.15) is 0 Å². The van der Waals surface area contributed by atoms with Crippen LogP contribution in [0.2, 0.25) is 0 Å². The number of rotatable bonds is 2. The van der Waals surface area contributed by atoms with E-state index in [4.69, 9.17) is 0 Å². The Morgan fingerprint density at radius 2 is 2.00 bits per heavy atom. The summed E-state index contributed by atoms with van der Waals surface area (Å²) < 4.78 is 0.973. The maximum absolute atomic E-state index is 12.2. The van der Waals surface area contributed by atoms with E-state index in [-0.39, 0.29) is 0 Å². The SMILES string of the molecule is Cc1cc(C)c2c(c1)N(Cc1sccc1Br)C(=O)C2=O. The molecule has 0 saturated carbocycles. The molecular weight excluding hydrogens is 338 g/mol. The maximum Gasteiger partial charge on any atom is 0.299 e. The van der Waals surface area contributed by atoms with Gasteiger partial charge in [-0.3, -0.25) is 14.5 Å². The summed E-state index contributed by atoms with van der Waals surface area (Å²) in [5.74, 6) is -0.834. The predicted octanol–water partition coefficient (Wildman–Crippen LogP) is 3.86. The number of carbonyl (C=O) groups is 2. The minimum absolute atomic E-state index is 0.398. The molecular formula is C15H12BrNO2S. The molecule has 2 heterocycles. The second kappa shape index (κ2) is 4.82. The van der Waals surface area contributed by atoms with Gasteiger partial charge in [-0.1, -0.05) is 6.07 Å². The van der Waals surface area contributed by atoms with Crippen LogP contribution >= 0.6 is 27.3 Å². The van der Waals surface area contributed by atoms with E-state index in [0.29, 0.717) is 12.1 Å². The highest BCUT2D eigenvalue weighted by molar-refractivity contribution is 9.10. The van der Waals surface area contributed by atoms with Crippen molar-refractivity contribution in [3.63, 3.8) is 0 Å². The van der Waals surface area contributed by atoms with Gasteiger partial charge >= 0.3 is 0 Å². The minimum atomic E-state index is -0.436. The first-order chi connectivity index (χ1) is 9.49. The summed E-state index contributed by atoms with van der Waals surface area (Å²) in [5.41, 5.74) is 3.20. The van der Waals surface area contributed by atoms with E-state index in [1.54, 1.807) is 16.2 Å². The summed E-state index contributed by atoms with van der Waals surface area (Å²) in [4.78, 5) is 27.0. The number of hydrogen-bond donors (Lipinski definition) is 0. The highest BCUT2D eigenvalue weighted by Gasteiger charge is 2.37. The molecule has 0 saturated heterocycles. The van der Waals surface area contributed by atoms with Crippen molar-refractivity contribution in [1.82, 2.24) is 0 Å². The second-order valence-electron chi connectivity index (χ2n) is 4.89. The van der Waals surface area contributed by atoms with Crippen LogP contribution in [0.25, 0.3) is 0 Å². The summed E-state index contributed by atoms with van der Waals surface area (Å²) in [7, 11) is 0. The van der Waals surface area contributed by atoms with Crippen LogP contribution in [0.5, 0.6) is 0 Å². The first kappa shape index (κ1) is 13.5. The lowest BCUT2D eigenvalue weighted by molar-refractivity contribution is -0.114. The molecule has 1 aliphatic heterocycles. The van der Waals surface area contributed by atoms with Gasteiger partial charge < -0.3 is 0 Å². The van der Waals surface area contributed by atoms with Crippen molar-refractivity contribution in [2.45, 2.75) is 20.4 Å². The highest BCUT2D eigenvalue weighted by Crippen LogP contribution is 2.35. The molecule has 3 nitrogen and oxygen atoms in total. The van der Waals surface area contributed by atoms with Crippen molar-refractivity contribution in [3.05, 3.63) is 49.6 Å². The summed E-state index contributed by atoms with van der Waals surface area (Å²) in [6, 6.07) is 5.80. The number of anilines is 1. The van der Waals surface area contributed by atoms with Gasteiger partial charge in [0.05, 0.1) is 17.8 Å². The Morgan fingerprint density at radius 1 is 1.25 bits per heavy atom. The fraction of sp³-hybridized carbons (Fsp3) is 0.200. The summed E-state index contributed by atoms with van der Waals surface area (Å²) >= 11 is 5.04. The van der Waals surface area contributed by atoms with Gasteiger partial charge in [-0.2, -0.15) is 0 Å². The zero-order valence-electron chi connectivity index (χ0n) is 11.1. The Bertz CT molecular complexity index is 735. The highest BCUT2D eigenvalue weighted by atomic mass is 79.9.